The van der Waals surface area contributed by atoms with E-state index in [-0.39, 0.29) is 77.4 Å². The van der Waals surface area contributed by atoms with Crippen LogP contribution in [0.5, 0.6) is 0 Å². The van der Waals surface area contributed by atoms with Crippen LogP contribution in [0.15, 0.2) is 164 Å². The molecule has 3 atom stereocenters. The summed E-state index contributed by atoms with van der Waals surface area (Å²) in [7, 11) is 0. The van der Waals surface area contributed by atoms with Crippen molar-refractivity contribution in [3.05, 3.63) is 198 Å². The molecule has 0 saturated carbocycles. The normalized spacial score (nSPS) is 13.3. The molecule has 0 saturated heterocycles. The third kappa shape index (κ3) is 15.3. The van der Waals surface area contributed by atoms with Gasteiger partial charge >= 0.3 is 18.1 Å². The lowest BCUT2D eigenvalue weighted by Crippen LogP contribution is -2.58. The number of nitrogens with one attached hydrogen (secondary N) is 9. The second kappa shape index (κ2) is 28.5. The predicted octanol–water partition coefficient (Wildman–Crippen LogP) is 6.00. The van der Waals surface area contributed by atoms with E-state index < -0.39 is 75.7 Å². The molecule has 9 aromatic rings. The number of hydrogen-bond acceptors (Lipinski definition) is 12. The molecule has 9 amide bonds. The van der Waals surface area contributed by atoms with Gasteiger partial charge in [-0.3, -0.25) is 28.8 Å². The summed E-state index contributed by atoms with van der Waals surface area (Å²) < 4.78 is 0. The van der Waals surface area contributed by atoms with Crippen LogP contribution in [0.1, 0.15) is 77.8 Å². The second-order valence-electron chi connectivity index (χ2n) is 22.6. The topological polar surface area (TPSA) is 429 Å². The molecule has 21 N–H and O–H groups in total. The van der Waals surface area contributed by atoms with Gasteiger partial charge in [-0.1, -0.05) is 91.0 Å². The molecule has 0 aliphatic carbocycles. The van der Waals surface area contributed by atoms with Crippen LogP contribution < -0.4 is 66.3 Å². The Kier molecular flexibility index (Phi) is 20.2. The summed E-state index contributed by atoms with van der Waals surface area (Å²) in [5.41, 5.74) is 37.6. The SMILES string of the molecule is NC(=O)NCCC[C@@](N)(C(=O)Cc1c[nH]c2ccccc12)C(=O)Nc1ccc(C(c2ccc(NC(=O)[C@@](N)(CCCNC(N)=O)C(=O)Cc3c[nH]c4ccccc34)cc2)c2ccc(NC(=O)[C@@](N)(CCCNC(N)=O)C(=O)Cc3c[nH]c4ccccc34)cc2)cc1. The second-order valence-corrected chi connectivity index (χ2v) is 22.6. The summed E-state index contributed by atoms with van der Waals surface area (Å²) in [6, 6.07) is 40.6. The van der Waals surface area contributed by atoms with Gasteiger partial charge in [0.2, 0.25) is 0 Å². The monoisotopic (exact) mass is 1230 g/mol. The number of nitrogens with two attached hydrogens (primary N) is 6. The molecule has 470 valence electrons. The van der Waals surface area contributed by atoms with Gasteiger partial charge in [-0.2, -0.15) is 0 Å². The Balaban J connectivity index is 0.994. The van der Waals surface area contributed by atoms with Crippen molar-refractivity contribution in [3.8, 4) is 0 Å². The summed E-state index contributed by atoms with van der Waals surface area (Å²) in [5, 5.41) is 18.4. The summed E-state index contributed by atoms with van der Waals surface area (Å²) in [6.07, 6.45) is 4.69. The molecule has 0 radical (unpaired) electrons. The Morgan fingerprint density at radius 1 is 0.363 bits per heavy atom. The number of primary amides is 3. The van der Waals surface area contributed by atoms with Crippen LogP contribution in [0, 0.1) is 0 Å². The maximum atomic E-state index is 14.4. The van der Waals surface area contributed by atoms with Crippen molar-refractivity contribution in [2.24, 2.45) is 34.4 Å². The van der Waals surface area contributed by atoms with E-state index in [4.69, 9.17) is 34.4 Å². The van der Waals surface area contributed by atoms with Gasteiger partial charge in [-0.05, 0) is 127 Å². The number of Topliss-reactive ketones (excluding diaryl/α,β-unsaturated/α-hetero) is 3. The number of ketones is 3. The van der Waals surface area contributed by atoms with Crippen molar-refractivity contribution >= 4 is 103 Å². The number of anilines is 3. The first-order chi connectivity index (χ1) is 43.6. The lowest BCUT2D eigenvalue weighted by atomic mass is 9.84. The Morgan fingerprint density at radius 3 is 0.868 bits per heavy atom. The van der Waals surface area contributed by atoms with Crippen LogP contribution >= 0.6 is 0 Å². The number of aromatic nitrogens is 3. The van der Waals surface area contributed by atoms with Crippen molar-refractivity contribution in [1.82, 2.24) is 30.9 Å². The molecule has 0 fully saturated rings. The van der Waals surface area contributed by atoms with E-state index in [0.29, 0.717) is 50.4 Å². The highest BCUT2D eigenvalue weighted by Gasteiger charge is 2.44. The maximum absolute atomic E-state index is 14.4. The highest BCUT2D eigenvalue weighted by Crippen LogP contribution is 2.35. The minimum Gasteiger partial charge on any atom is -0.361 e. The maximum Gasteiger partial charge on any atom is 0.312 e. The van der Waals surface area contributed by atoms with Crippen molar-refractivity contribution in [2.75, 3.05) is 35.6 Å². The molecule has 6 aromatic carbocycles. The summed E-state index contributed by atoms with van der Waals surface area (Å²) in [6.45, 7) is 0.190. The van der Waals surface area contributed by atoms with Gasteiger partial charge in [0.1, 0.15) is 0 Å². The van der Waals surface area contributed by atoms with E-state index >= 15 is 0 Å². The van der Waals surface area contributed by atoms with Gasteiger partial charge in [0.25, 0.3) is 17.7 Å². The fourth-order valence-electron chi connectivity index (χ4n) is 11.3. The van der Waals surface area contributed by atoms with Crippen LogP contribution in [0.4, 0.5) is 31.4 Å². The van der Waals surface area contributed by atoms with Crippen LogP contribution in [0.3, 0.4) is 0 Å². The molecule has 3 aromatic heterocycles. The first-order valence-corrected chi connectivity index (χ1v) is 29.6. The van der Waals surface area contributed by atoms with Crippen LogP contribution in [-0.2, 0) is 48.0 Å². The quantitative estimate of drug-likeness (QED) is 0.0140. The lowest BCUT2D eigenvalue weighted by Gasteiger charge is -2.28. The zero-order valence-electron chi connectivity index (χ0n) is 49.8. The third-order valence-corrected chi connectivity index (χ3v) is 16.4. The summed E-state index contributed by atoms with van der Waals surface area (Å²) >= 11 is 0. The van der Waals surface area contributed by atoms with Crippen LogP contribution in [-0.4, -0.2) is 104 Å². The molecule has 0 unspecified atom stereocenters. The Morgan fingerprint density at radius 2 is 0.615 bits per heavy atom. The van der Waals surface area contributed by atoms with E-state index in [9.17, 15) is 43.2 Å². The number of para-hydroxylation sites is 3. The molecular formula is C67H73N15O9. The number of rotatable bonds is 30. The van der Waals surface area contributed by atoms with Crippen LogP contribution in [0.2, 0.25) is 0 Å². The van der Waals surface area contributed by atoms with E-state index in [2.05, 4.69) is 46.9 Å². The fraction of sp³-hybridized carbons (Fsp3) is 0.239. The first kappa shape index (κ1) is 64.5. The van der Waals surface area contributed by atoms with Crippen LogP contribution in [0.25, 0.3) is 32.7 Å². The molecule has 0 aliphatic heterocycles. The smallest absolute Gasteiger partial charge is 0.312 e. The Bertz CT molecular complexity index is 3740. The zero-order valence-corrected chi connectivity index (χ0v) is 49.8. The molecule has 0 spiro atoms. The molecule has 9 rings (SSSR count). The van der Waals surface area contributed by atoms with Gasteiger partial charge < -0.3 is 81.3 Å². The molecule has 91 heavy (non-hydrogen) atoms. The van der Waals surface area contributed by atoms with Crippen molar-refractivity contribution in [1.29, 1.82) is 0 Å². The standard InChI is InChI=1S/C67H73N15O9/c68-62(89)74-31-7-28-65(71,55(83)34-43-37-77-52-13-4-1-10-49(43)52)59(86)80-46-22-16-40(17-23-46)58(41-18-24-47(25-19-41)81-60(87)66(72,29-8-32-75-63(69)90)56(84)35-44-38-78-53-14-5-2-11-50(44)53)42-20-26-48(27-21-42)82-61(88)67(73,30-9-33-76-64(70)91)57(85)36-45-39-79-54-15-6-3-12-51(45)54/h1-6,10-27,37-39,58,77-79H,7-9,28-36,71-73H2,(H,80,86)(H,81,87)(H,82,88)(H3,68,74,89)(H3,69,75,90)(H3,70,76,91)/t65-,66-,67-/m1/s1. The lowest BCUT2D eigenvalue weighted by molar-refractivity contribution is -0.134. The van der Waals surface area contributed by atoms with E-state index in [1.807, 2.05) is 72.8 Å². The van der Waals surface area contributed by atoms with E-state index in [1.165, 1.54) is 0 Å². The molecule has 24 heteroatoms. The van der Waals surface area contributed by atoms with Gasteiger partial charge in [0.05, 0.1) is 0 Å². The Hall–Kier alpha value is -11.0. The number of carbonyl (C=O) groups is 9. The van der Waals surface area contributed by atoms with Crippen molar-refractivity contribution in [2.45, 2.75) is 80.3 Å². The average Bonchev–Trinajstić information content (AvgIpc) is 3.02. The number of H-pyrrole nitrogens is 3. The predicted molar refractivity (Wildman–Crippen MR) is 348 cm³/mol. The minimum atomic E-state index is -2.04. The highest BCUT2D eigenvalue weighted by atomic mass is 16.2. The number of amides is 9. The number of carbonyl (C=O) groups excluding carboxylic acids is 9. The number of fused-ring (bicyclic) bond motifs is 3. The largest absolute Gasteiger partial charge is 0.361 e. The Labute approximate surface area is 522 Å². The van der Waals surface area contributed by atoms with Gasteiger partial charge in [-0.15, -0.1) is 0 Å². The molecule has 0 bridgehead atoms. The summed E-state index contributed by atoms with van der Waals surface area (Å²) in [5.74, 6) is -4.57. The number of hydrogen-bond donors (Lipinski definition) is 15. The van der Waals surface area contributed by atoms with E-state index in [0.717, 1.165) is 32.7 Å². The summed E-state index contributed by atoms with van der Waals surface area (Å²) in [4.78, 5) is 130. The highest BCUT2D eigenvalue weighted by molar-refractivity contribution is 6.18. The minimum absolute atomic E-state index is 0.0633. The number of aromatic amines is 3. The van der Waals surface area contributed by atoms with Gasteiger partial charge in [0, 0.05) is 113 Å². The van der Waals surface area contributed by atoms with Gasteiger partial charge in [-0.25, -0.2) is 14.4 Å². The number of benzene rings is 6. The number of urea groups is 3. The zero-order chi connectivity index (χ0) is 64.9. The molecular weight excluding hydrogens is 1160 g/mol. The van der Waals surface area contributed by atoms with Crippen molar-refractivity contribution < 1.29 is 43.2 Å². The fourth-order valence-corrected chi connectivity index (χ4v) is 11.3. The van der Waals surface area contributed by atoms with Gasteiger partial charge in [0.15, 0.2) is 34.0 Å². The average molecular weight is 1230 g/mol. The third-order valence-electron chi connectivity index (χ3n) is 16.4. The molecule has 24 nitrogen and oxygen atoms in total. The molecule has 3 heterocycles. The molecule has 0 aliphatic rings. The van der Waals surface area contributed by atoms with E-state index in [1.54, 1.807) is 91.4 Å². The van der Waals surface area contributed by atoms with Crippen molar-refractivity contribution in [3.63, 3.8) is 0 Å². The first-order valence-electron chi connectivity index (χ1n) is 29.6.